The van der Waals surface area contributed by atoms with E-state index in [-0.39, 0.29) is 42.5 Å². The second-order valence-electron chi connectivity index (χ2n) is 4.94. The van der Waals surface area contributed by atoms with Gasteiger partial charge >= 0.3 is 0 Å². The van der Waals surface area contributed by atoms with Gasteiger partial charge in [0.05, 0.1) is 11.8 Å². The van der Waals surface area contributed by atoms with Crippen LogP contribution < -0.4 is 11.3 Å². The number of carbonyl (C=O) groups excluding carboxylic acids is 3. The van der Waals surface area contributed by atoms with Gasteiger partial charge in [-0.25, -0.2) is 5.84 Å². The number of imide groups is 1. The molecule has 1 saturated heterocycles. The highest BCUT2D eigenvalue weighted by atomic mass is 16.2. The van der Waals surface area contributed by atoms with Gasteiger partial charge in [-0.1, -0.05) is 6.92 Å². The molecular weight excluding hydrogens is 222 g/mol. The summed E-state index contributed by atoms with van der Waals surface area (Å²) in [6.07, 6.45) is 1.65. The van der Waals surface area contributed by atoms with E-state index in [0.717, 1.165) is 12.8 Å². The summed E-state index contributed by atoms with van der Waals surface area (Å²) in [6.45, 7) is 2.20. The second kappa shape index (κ2) is 4.44. The van der Waals surface area contributed by atoms with Gasteiger partial charge in [0, 0.05) is 13.0 Å². The summed E-state index contributed by atoms with van der Waals surface area (Å²) in [6, 6.07) is 0. The van der Waals surface area contributed by atoms with Gasteiger partial charge in [0.25, 0.3) is 0 Å². The fraction of sp³-hybridized carbons (Fsp3) is 0.727. The van der Waals surface area contributed by atoms with Crippen molar-refractivity contribution < 1.29 is 14.4 Å². The predicted molar refractivity (Wildman–Crippen MR) is 59.0 cm³/mol. The molecule has 2 fully saturated rings. The van der Waals surface area contributed by atoms with E-state index >= 15 is 0 Å². The van der Waals surface area contributed by atoms with Crippen molar-refractivity contribution in [3.8, 4) is 0 Å². The first-order chi connectivity index (χ1) is 8.04. The molecule has 1 heterocycles. The second-order valence-corrected chi connectivity index (χ2v) is 4.94. The summed E-state index contributed by atoms with van der Waals surface area (Å²) >= 11 is 0. The number of carbonyl (C=O) groups is 3. The van der Waals surface area contributed by atoms with E-state index in [1.165, 1.54) is 4.90 Å². The predicted octanol–water partition coefficient (Wildman–Crippen LogP) is -0.602. The number of hydrazine groups is 1. The molecular formula is C11H17N3O3. The van der Waals surface area contributed by atoms with Crippen LogP contribution in [-0.4, -0.2) is 29.2 Å². The van der Waals surface area contributed by atoms with Crippen LogP contribution in [0.3, 0.4) is 0 Å². The lowest BCUT2D eigenvalue weighted by atomic mass is 10.00. The maximum Gasteiger partial charge on any atom is 0.235 e. The minimum absolute atomic E-state index is 0.0724. The van der Waals surface area contributed by atoms with E-state index in [0.29, 0.717) is 5.92 Å². The molecule has 0 spiro atoms. The number of nitrogens with two attached hydrogens (primary N) is 1. The van der Waals surface area contributed by atoms with Crippen molar-refractivity contribution in [1.29, 1.82) is 0 Å². The molecule has 0 radical (unpaired) electrons. The lowest BCUT2D eigenvalue weighted by Gasteiger charge is -2.16. The quantitative estimate of drug-likeness (QED) is 0.297. The van der Waals surface area contributed by atoms with Crippen molar-refractivity contribution in [2.75, 3.05) is 6.54 Å². The first kappa shape index (κ1) is 12.0. The molecule has 2 rings (SSSR count). The van der Waals surface area contributed by atoms with Crippen molar-refractivity contribution >= 4 is 17.7 Å². The van der Waals surface area contributed by atoms with E-state index in [1.807, 2.05) is 5.43 Å². The highest BCUT2D eigenvalue weighted by Gasteiger charge is 2.51. The van der Waals surface area contributed by atoms with Crippen LogP contribution in [0.1, 0.15) is 26.2 Å². The maximum atomic E-state index is 12.0. The fourth-order valence-corrected chi connectivity index (χ4v) is 2.85. The minimum Gasteiger partial charge on any atom is -0.294 e. The molecule has 6 heteroatoms. The van der Waals surface area contributed by atoms with E-state index < -0.39 is 0 Å². The minimum atomic E-state index is -0.365. The van der Waals surface area contributed by atoms with Gasteiger partial charge in [0.1, 0.15) is 0 Å². The Morgan fingerprint density at radius 2 is 1.88 bits per heavy atom. The summed E-state index contributed by atoms with van der Waals surface area (Å²) in [5, 5.41) is 0. The number of likely N-dealkylation sites (tertiary alicyclic amines) is 1. The van der Waals surface area contributed by atoms with Crippen molar-refractivity contribution in [1.82, 2.24) is 10.3 Å². The third kappa shape index (κ3) is 2.04. The molecule has 2 aliphatic rings. The Bertz CT molecular complexity index is 345. The molecule has 0 aromatic rings. The Morgan fingerprint density at radius 1 is 1.35 bits per heavy atom. The molecule has 0 bridgehead atoms. The molecule has 2 atom stereocenters. The molecule has 17 heavy (non-hydrogen) atoms. The number of rotatable bonds is 3. The molecule has 1 aliphatic heterocycles. The summed E-state index contributed by atoms with van der Waals surface area (Å²) < 4.78 is 0. The van der Waals surface area contributed by atoms with Gasteiger partial charge < -0.3 is 0 Å². The lowest BCUT2D eigenvalue weighted by Crippen LogP contribution is -2.37. The van der Waals surface area contributed by atoms with Crippen LogP contribution >= 0.6 is 0 Å². The van der Waals surface area contributed by atoms with Crippen molar-refractivity contribution in [2.24, 2.45) is 23.6 Å². The molecule has 1 saturated carbocycles. The van der Waals surface area contributed by atoms with Crippen LogP contribution in [0.5, 0.6) is 0 Å². The van der Waals surface area contributed by atoms with E-state index in [9.17, 15) is 14.4 Å². The van der Waals surface area contributed by atoms with Gasteiger partial charge in [0.2, 0.25) is 17.7 Å². The molecule has 1 aliphatic carbocycles. The van der Waals surface area contributed by atoms with E-state index in [4.69, 9.17) is 5.84 Å². The van der Waals surface area contributed by atoms with Gasteiger partial charge in [-0.05, 0) is 18.8 Å². The van der Waals surface area contributed by atoms with Gasteiger partial charge in [-0.3, -0.25) is 24.7 Å². The molecule has 3 N–H and O–H groups in total. The smallest absolute Gasteiger partial charge is 0.235 e. The zero-order valence-corrected chi connectivity index (χ0v) is 9.81. The molecule has 3 amide bonds. The van der Waals surface area contributed by atoms with Crippen LogP contribution in [0.4, 0.5) is 0 Å². The summed E-state index contributed by atoms with van der Waals surface area (Å²) in [4.78, 5) is 36.2. The Hall–Kier alpha value is -1.43. The van der Waals surface area contributed by atoms with Gasteiger partial charge in [-0.15, -0.1) is 0 Å². The van der Waals surface area contributed by atoms with Crippen LogP contribution in [0.25, 0.3) is 0 Å². The average Bonchev–Trinajstić information content (AvgIpc) is 2.78. The van der Waals surface area contributed by atoms with Gasteiger partial charge in [-0.2, -0.15) is 0 Å². The fourth-order valence-electron chi connectivity index (χ4n) is 2.85. The van der Waals surface area contributed by atoms with Crippen LogP contribution in [0.15, 0.2) is 0 Å². The Morgan fingerprint density at radius 3 is 2.35 bits per heavy atom. The van der Waals surface area contributed by atoms with Crippen LogP contribution in [0, 0.1) is 17.8 Å². The number of hydrogen-bond acceptors (Lipinski definition) is 4. The third-order valence-electron chi connectivity index (χ3n) is 3.69. The SMILES string of the molecule is CC1CC2C(=O)N(CCC(=O)NN)C(=O)C2C1. The highest BCUT2D eigenvalue weighted by Crippen LogP contribution is 2.42. The summed E-state index contributed by atoms with van der Waals surface area (Å²) in [5.74, 6) is 4.48. The molecule has 0 aromatic heterocycles. The van der Waals surface area contributed by atoms with Crippen molar-refractivity contribution in [3.05, 3.63) is 0 Å². The molecule has 2 unspecified atom stereocenters. The van der Waals surface area contributed by atoms with E-state index in [1.54, 1.807) is 0 Å². The molecule has 0 aromatic carbocycles. The Labute approximate surface area is 99.5 Å². The largest absolute Gasteiger partial charge is 0.294 e. The maximum absolute atomic E-state index is 12.0. The first-order valence-corrected chi connectivity index (χ1v) is 5.89. The average molecular weight is 239 g/mol. The van der Waals surface area contributed by atoms with Crippen molar-refractivity contribution in [3.63, 3.8) is 0 Å². The zero-order chi connectivity index (χ0) is 12.6. The zero-order valence-electron chi connectivity index (χ0n) is 9.81. The van der Waals surface area contributed by atoms with E-state index in [2.05, 4.69) is 6.92 Å². The normalized spacial score (nSPS) is 31.9. The number of nitrogens with zero attached hydrogens (tertiary/aromatic N) is 1. The Kier molecular flexibility index (Phi) is 3.15. The lowest BCUT2D eigenvalue weighted by molar-refractivity contribution is -0.140. The number of amides is 3. The van der Waals surface area contributed by atoms with Crippen LogP contribution in [-0.2, 0) is 14.4 Å². The number of nitrogens with one attached hydrogen (secondary N) is 1. The standard InChI is InChI=1S/C11H17N3O3/c1-6-4-7-8(5-6)11(17)14(10(7)16)3-2-9(15)13-12/h6-8H,2-5,12H2,1H3,(H,13,15). The third-order valence-corrected chi connectivity index (χ3v) is 3.69. The first-order valence-electron chi connectivity index (χ1n) is 5.89. The van der Waals surface area contributed by atoms with Crippen molar-refractivity contribution in [2.45, 2.75) is 26.2 Å². The highest BCUT2D eigenvalue weighted by molar-refractivity contribution is 6.05. The van der Waals surface area contributed by atoms with Crippen LogP contribution in [0.2, 0.25) is 0 Å². The molecule has 6 nitrogen and oxygen atoms in total. The van der Waals surface area contributed by atoms with Gasteiger partial charge in [0.15, 0.2) is 0 Å². The summed E-state index contributed by atoms with van der Waals surface area (Å²) in [5.41, 5.74) is 1.99. The molecule has 94 valence electrons. The number of fused-ring (bicyclic) bond motifs is 1. The Balaban J connectivity index is 2.00. The topological polar surface area (TPSA) is 92.5 Å². The summed E-state index contributed by atoms with van der Waals surface area (Å²) in [7, 11) is 0. The number of hydrogen-bond donors (Lipinski definition) is 2. The monoisotopic (exact) mass is 239 g/mol.